The lowest BCUT2D eigenvalue weighted by molar-refractivity contribution is 1.13. The Balaban J connectivity index is 0.00000361. The predicted octanol–water partition coefficient (Wildman–Crippen LogP) is 2.57. The number of thiocarbonyl (C=S) groups is 1. The number of anilines is 1. The van der Waals surface area contributed by atoms with E-state index in [1.807, 2.05) is 45.0 Å². The minimum Gasteiger partial charge on any atom is -0.376 e. The summed E-state index contributed by atoms with van der Waals surface area (Å²) in [7, 11) is 0. The van der Waals surface area contributed by atoms with Crippen LogP contribution in [0, 0.1) is 6.92 Å². The van der Waals surface area contributed by atoms with Gasteiger partial charge < -0.3 is 11.5 Å². The van der Waals surface area contributed by atoms with Gasteiger partial charge in [0.2, 0.25) is 5.96 Å². The third-order valence-electron chi connectivity index (χ3n) is 2.54. The maximum absolute atomic E-state index is 5.91. The third-order valence-corrected chi connectivity index (χ3v) is 2.73. The summed E-state index contributed by atoms with van der Waals surface area (Å²) in [6.45, 7) is 5.86. The van der Waals surface area contributed by atoms with E-state index in [1.165, 1.54) is 4.90 Å². The van der Waals surface area contributed by atoms with Gasteiger partial charge in [-0.15, -0.1) is 17.5 Å². The fourth-order valence-corrected chi connectivity index (χ4v) is 1.59. The molecule has 1 rings (SSSR count). The molecule has 0 fully saturated rings. The molecule has 0 saturated heterocycles. The molecule has 4 N–H and O–H groups in total. The molecular formula is C13H20ClN5S. The van der Waals surface area contributed by atoms with Gasteiger partial charge in [0.15, 0.2) is 5.11 Å². The lowest BCUT2D eigenvalue weighted by Gasteiger charge is -2.21. The Morgan fingerprint density at radius 1 is 1.30 bits per heavy atom. The highest BCUT2D eigenvalue weighted by Gasteiger charge is 2.13. The van der Waals surface area contributed by atoms with Gasteiger partial charge in [-0.05, 0) is 50.2 Å². The van der Waals surface area contributed by atoms with Crippen LogP contribution in [0.2, 0.25) is 0 Å². The Hall–Kier alpha value is -1.66. The standard InChI is InChI=1S/C13H19N5S.ClH/c1-4-10(3)16-17-12(14)18(13(15)19)11-7-5-6-9(2)8-11;/h5-8H,4H2,1-3H3,(H2,14,17)(H2,15,19);1H/b16-10+;. The third kappa shape index (κ3) is 5.14. The van der Waals surface area contributed by atoms with Crippen molar-refractivity contribution < 1.29 is 0 Å². The second kappa shape index (κ2) is 8.50. The first-order chi connectivity index (χ1) is 8.95. The molecule has 0 aromatic heterocycles. The molecule has 0 aliphatic carbocycles. The lowest BCUT2D eigenvalue weighted by atomic mass is 10.2. The van der Waals surface area contributed by atoms with Crippen molar-refractivity contribution in [1.29, 1.82) is 0 Å². The van der Waals surface area contributed by atoms with E-state index in [4.69, 9.17) is 23.7 Å². The number of benzene rings is 1. The van der Waals surface area contributed by atoms with E-state index in [2.05, 4.69) is 10.2 Å². The summed E-state index contributed by atoms with van der Waals surface area (Å²) < 4.78 is 0. The van der Waals surface area contributed by atoms with E-state index in [1.54, 1.807) is 0 Å². The fraction of sp³-hybridized carbons (Fsp3) is 0.308. The summed E-state index contributed by atoms with van der Waals surface area (Å²) in [6, 6.07) is 7.68. The zero-order valence-electron chi connectivity index (χ0n) is 11.8. The Kier molecular flexibility index (Phi) is 7.79. The summed E-state index contributed by atoms with van der Waals surface area (Å²) in [5.74, 6) is 0.158. The van der Waals surface area contributed by atoms with Gasteiger partial charge in [0.05, 0.1) is 5.69 Å². The van der Waals surface area contributed by atoms with Crippen LogP contribution in [0.25, 0.3) is 0 Å². The molecule has 0 aliphatic heterocycles. The average Bonchev–Trinajstić information content (AvgIpc) is 2.35. The van der Waals surface area contributed by atoms with Crippen molar-refractivity contribution in [3.63, 3.8) is 0 Å². The molecule has 20 heavy (non-hydrogen) atoms. The van der Waals surface area contributed by atoms with Crippen molar-refractivity contribution in [1.82, 2.24) is 0 Å². The highest BCUT2D eigenvalue weighted by molar-refractivity contribution is 7.80. The van der Waals surface area contributed by atoms with Gasteiger partial charge in [-0.3, -0.25) is 4.90 Å². The van der Waals surface area contributed by atoms with Crippen LogP contribution in [0.1, 0.15) is 25.8 Å². The van der Waals surface area contributed by atoms with Gasteiger partial charge in [0, 0.05) is 5.71 Å². The van der Waals surface area contributed by atoms with Crippen molar-refractivity contribution in [3.05, 3.63) is 29.8 Å². The lowest BCUT2D eigenvalue weighted by Crippen LogP contribution is -2.45. The molecule has 0 bridgehead atoms. The van der Waals surface area contributed by atoms with Crippen LogP contribution < -0.4 is 16.4 Å². The van der Waals surface area contributed by atoms with Gasteiger partial charge >= 0.3 is 0 Å². The van der Waals surface area contributed by atoms with Gasteiger partial charge in [-0.1, -0.05) is 19.1 Å². The van der Waals surface area contributed by atoms with E-state index >= 15 is 0 Å². The Morgan fingerprint density at radius 3 is 2.45 bits per heavy atom. The van der Waals surface area contributed by atoms with Crippen LogP contribution in [0.15, 0.2) is 34.5 Å². The molecule has 0 saturated carbocycles. The summed E-state index contributed by atoms with van der Waals surface area (Å²) in [5, 5.41) is 8.12. The second-order valence-corrected chi connectivity index (χ2v) is 4.58. The van der Waals surface area contributed by atoms with Crippen molar-refractivity contribution in [2.75, 3.05) is 4.90 Å². The zero-order valence-corrected chi connectivity index (χ0v) is 13.5. The maximum Gasteiger partial charge on any atom is 0.227 e. The van der Waals surface area contributed by atoms with Crippen molar-refractivity contribution in [3.8, 4) is 0 Å². The van der Waals surface area contributed by atoms with Crippen molar-refractivity contribution >= 4 is 47.1 Å². The number of hydrogen-bond acceptors (Lipinski definition) is 3. The highest BCUT2D eigenvalue weighted by Crippen LogP contribution is 2.15. The van der Waals surface area contributed by atoms with E-state index in [-0.39, 0.29) is 23.5 Å². The molecule has 7 heteroatoms. The summed E-state index contributed by atoms with van der Waals surface area (Å²) in [5.41, 5.74) is 14.4. The van der Waals surface area contributed by atoms with Crippen molar-refractivity contribution in [2.45, 2.75) is 27.2 Å². The topological polar surface area (TPSA) is 80.0 Å². The molecule has 0 unspecified atom stereocenters. The molecule has 0 atom stereocenters. The minimum absolute atomic E-state index is 0. The molecular weight excluding hydrogens is 294 g/mol. The van der Waals surface area contributed by atoms with E-state index in [9.17, 15) is 0 Å². The van der Waals surface area contributed by atoms with Crippen LogP contribution in [0.5, 0.6) is 0 Å². The van der Waals surface area contributed by atoms with E-state index in [0.717, 1.165) is 23.4 Å². The van der Waals surface area contributed by atoms with Crippen LogP contribution in [0.4, 0.5) is 5.69 Å². The Bertz CT molecular complexity index is 527. The fourth-order valence-electron chi connectivity index (χ4n) is 1.39. The van der Waals surface area contributed by atoms with E-state index in [0.29, 0.717) is 0 Å². The van der Waals surface area contributed by atoms with Crippen molar-refractivity contribution in [2.24, 2.45) is 21.7 Å². The minimum atomic E-state index is 0. The molecule has 110 valence electrons. The molecule has 1 aromatic rings. The SMILES string of the molecule is CC/C(C)=N/N=C(\N)N(C(N)=S)c1cccc(C)c1.Cl. The normalized spacial score (nSPS) is 11.8. The van der Waals surface area contributed by atoms with Gasteiger partial charge in [0.1, 0.15) is 0 Å². The summed E-state index contributed by atoms with van der Waals surface area (Å²) in [4.78, 5) is 1.49. The number of nitrogens with zero attached hydrogens (tertiary/aromatic N) is 3. The van der Waals surface area contributed by atoms with Gasteiger partial charge in [-0.2, -0.15) is 5.10 Å². The second-order valence-electron chi connectivity index (χ2n) is 4.16. The van der Waals surface area contributed by atoms with Crippen LogP contribution in [-0.2, 0) is 0 Å². The zero-order chi connectivity index (χ0) is 14.4. The Labute approximate surface area is 131 Å². The smallest absolute Gasteiger partial charge is 0.227 e. The van der Waals surface area contributed by atoms with Crippen LogP contribution in [-0.4, -0.2) is 16.8 Å². The number of nitrogens with two attached hydrogens (primary N) is 2. The number of guanidine groups is 1. The first-order valence-electron chi connectivity index (χ1n) is 5.98. The first kappa shape index (κ1) is 18.3. The molecule has 0 amide bonds. The van der Waals surface area contributed by atoms with Crippen LogP contribution in [0.3, 0.4) is 0 Å². The Morgan fingerprint density at radius 2 is 1.95 bits per heavy atom. The molecule has 5 nitrogen and oxygen atoms in total. The largest absolute Gasteiger partial charge is 0.376 e. The number of aryl methyl sites for hydroxylation is 1. The van der Waals surface area contributed by atoms with Gasteiger partial charge in [-0.25, -0.2) is 0 Å². The average molecular weight is 314 g/mol. The summed E-state index contributed by atoms with van der Waals surface area (Å²) in [6.07, 6.45) is 0.814. The molecule has 0 spiro atoms. The quantitative estimate of drug-likeness (QED) is 0.389. The monoisotopic (exact) mass is 313 g/mol. The van der Waals surface area contributed by atoms with Crippen LogP contribution >= 0.6 is 24.6 Å². The van der Waals surface area contributed by atoms with Gasteiger partial charge in [0.25, 0.3) is 0 Å². The molecule has 0 aliphatic rings. The first-order valence-corrected chi connectivity index (χ1v) is 6.39. The van der Waals surface area contributed by atoms with E-state index < -0.39 is 0 Å². The number of halogens is 1. The summed E-state index contributed by atoms with van der Waals surface area (Å²) >= 11 is 5.02. The number of hydrogen-bond donors (Lipinski definition) is 2. The molecule has 1 aromatic carbocycles. The maximum atomic E-state index is 5.91. The predicted molar refractivity (Wildman–Crippen MR) is 92.7 cm³/mol. The molecule has 0 heterocycles. The molecule has 0 radical (unpaired) electrons. The highest BCUT2D eigenvalue weighted by atomic mass is 35.5. The number of rotatable bonds is 3.